The monoisotopic (exact) mass is 955 g/mol. The van der Waals surface area contributed by atoms with Crippen LogP contribution >= 0.6 is 0 Å². The van der Waals surface area contributed by atoms with Gasteiger partial charge in [-0.15, -0.1) is 0 Å². The highest BCUT2D eigenvalue weighted by Crippen LogP contribution is 2.04. The molecular formula is C35H77N3O26. The summed E-state index contributed by atoms with van der Waals surface area (Å²) in [6.45, 7) is 3.48. The van der Waals surface area contributed by atoms with Gasteiger partial charge >= 0.3 is 17.9 Å². The molecule has 0 aromatic heterocycles. The molecule has 388 valence electrons. The maximum Gasteiger partial charge on any atom is 0.304 e. The number of aliphatic hydroxyl groups excluding tert-OH is 20. The fraction of sp³-hybridized carbons (Fsp3) is 0.914. The van der Waals surface area contributed by atoms with Gasteiger partial charge in [0, 0.05) is 58.9 Å². The number of carboxylic acid groups (broad SMARTS) is 3. The average molecular weight is 956 g/mol. The Morgan fingerprint density at radius 1 is 0.281 bits per heavy atom. The first-order valence-corrected chi connectivity index (χ1v) is 19.7. The molecule has 0 radical (unpaired) electrons. The predicted octanol–water partition coefficient (Wildman–Crippen LogP) is -12.2. The number of rotatable bonds is 24. The fourth-order valence-electron chi connectivity index (χ4n) is 2.86. The molecule has 3 fully saturated rings. The van der Waals surface area contributed by atoms with Crippen molar-refractivity contribution in [3.05, 3.63) is 0 Å². The second-order valence-corrected chi connectivity index (χ2v) is 13.5. The number of hydrogen-bond donors (Lipinski definition) is 23. The first-order chi connectivity index (χ1) is 30.0. The van der Waals surface area contributed by atoms with Crippen LogP contribution in [0.4, 0.5) is 0 Å². The van der Waals surface area contributed by atoms with E-state index in [1.54, 1.807) is 0 Å². The quantitative estimate of drug-likeness (QED) is 0.0399. The molecule has 29 nitrogen and oxygen atoms in total. The van der Waals surface area contributed by atoms with Crippen LogP contribution in [0.25, 0.3) is 0 Å². The Balaban J connectivity index is -0.000000207. The van der Waals surface area contributed by atoms with Crippen LogP contribution in [0.1, 0.15) is 19.3 Å². The Bertz CT molecular complexity index is 855. The van der Waals surface area contributed by atoms with Gasteiger partial charge in [-0.25, -0.2) is 0 Å². The van der Waals surface area contributed by atoms with Gasteiger partial charge in [0.05, 0.1) is 85.3 Å². The van der Waals surface area contributed by atoms with E-state index in [0.29, 0.717) is 19.3 Å². The standard InChI is InChI=1S/3C5H9NO2.5C4H10O4/c3*7-5(8)1-2-6-3-4-6;5*5-1-3(7)4(8)2-6/h3*1-4H2,(H,7,8);5*3-8H,1-2H2/t;;;5*3-,4+. The van der Waals surface area contributed by atoms with Crippen LogP contribution in [-0.4, -0.2) is 336 Å². The maximum atomic E-state index is 9.90. The molecular weight excluding hydrogens is 878 g/mol. The molecule has 0 aromatic rings. The van der Waals surface area contributed by atoms with Gasteiger partial charge in [0.25, 0.3) is 0 Å². The van der Waals surface area contributed by atoms with Gasteiger partial charge in [0.2, 0.25) is 0 Å². The third-order valence-corrected chi connectivity index (χ3v) is 7.64. The van der Waals surface area contributed by atoms with Crippen LogP contribution in [-0.2, 0) is 14.4 Å². The SMILES string of the molecule is O=C(O)CCN1CC1.O=C(O)CCN1CC1.O=C(O)CCN1CC1.OC[C@@H](O)[C@@H](O)CO.OC[C@@H](O)[C@@H](O)CO.OC[C@@H](O)[C@@H](O)CO.OC[C@@H](O)[C@@H](O)CO.OC[C@@H](O)[C@@H](O)CO. The summed E-state index contributed by atoms with van der Waals surface area (Å²) in [7, 11) is 0. The zero-order valence-electron chi connectivity index (χ0n) is 35.7. The van der Waals surface area contributed by atoms with Crippen molar-refractivity contribution < 1.29 is 132 Å². The zero-order chi connectivity index (χ0) is 50.8. The third kappa shape index (κ3) is 53.8. The lowest BCUT2D eigenvalue weighted by Gasteiger charge is -2.10. The molecule has 0 amide bonds. The second kappa shape index (κ2) is 47.0. The van der Waals surface area contributed by atoms with Gasteiger partial charge in [0.1, 0.15) is 61.0 Å². The first-order valence-electron chi connectivity index (χ1n) is 19.7. The van der Waals surface area contributed by atoms with Crippen molar-refractivity contribution in [1.82, 2.24) is 14.7 Å². The van der Waals surface area contributed by atoms with Crippen molar-refractivity contribution in [2.75, 3.05) is 125 Å². The summed E-state index contributed by atoms with van der Waals surface area (Å²) in [4.78, 5) is 36.0. The van der Waals surface area contributed by atoms with Crippen LogP contribution < -0.4 is 0 Å². The summed E-state index contributed by atoms with van der Waals surface area (Å²) in [5.41, 5.74) is 0. The molecule has 29 heteroatoms. The molecule has 23 N–H and O–H groups in total. The van der Waals surface area contributed by atoms with Gasteiger partial charge in [-0.2, -0.15) is 0 Å². The summed E-state index contributed by atoms with van der Waals surface area (Å²) >= 11 is 0. The molecule has 3 rings (SSSR count). The molecule has 64 heavy (non-hydrogen) atoms. The van der Waals surface area contributed by atoms with Gasteiger partial charge < -0.3 is 132 Å². The van der Waals surface area contributed by atoms with E-state index < -0.39 is 145 Å². The van der Waals surface area contributed by atoms with Crippen LogP contribution in [0.3, 0.4) is 0 Å². The Labute approximate surface area is 369 Å². The van der Waals surface area contributed by atoms with E-state index in [4.69, 9.17) is 117 Å². The van der Waals surface area contributed by atoms with E-state index in [9.17, 15) is 14.4 Å². The highest BCUT2D eigenvalue weighted by molar-refractivity contribution is 5.67. The van der Waals surface area contributed by atoms with E-state index in [2.05, 4.69) is 14.7 Å². The van der Waals surface area contributed by atoms with E-state index in [1.165, 1.54) is 0 Å². The van der Waals surface area contributed by atoms with Crippen molar-refractivity contribution in [2.24, 2.45) is 0 Å². The normalized spacial score (nSPS) is 18.2. The van der Waals surface area contributed by atoms with E-state index in [-0.39, 0.29) is 0 Å². The summed E-state index contributed by atoms with van der Waals surface area (Å²) in [6, 6.07) is 0. The minimum absolute atomic E-state index is 0.292. The highest BCUT2D eigenvalue weighted by Gasteiger charge is 2.19. The lowest BCUT2D eigenvalue weighted by Crippen LogP contribution is -2.31. The largest absolute Gasteiger partial charge is 0.481 e. The molecule has 0 unspecified atom stereocenters. The first kappa shape index (κ1) is 70.5. The number of aliphatic carboxylic acids is 3. The molecule has 0 bridgehead atoms. The van der Waals surface area contributed by atoms with Gasteiger partial charge in [-0.1, -0.05) is 0 Å². The minimum atomic E-state index is -1.22. The van der Waals surface area contributed by atoms with E-state index in [0.717, 1.165) is 58.9 Å². The summed E-state index contributed by atoms with van der Waals surface area (Å²) in [5, 5.41) is 190. The van der Waals surface area contributed by atoms with Crippen molar-refractivity contribution in [1.29, 1.82) is 0 Å². The number of nitrogens with zero attached hydrogens (tertiary/aromatic N) is 3. The average Bonchev–Trinajstić information content (AvgIpc) is 4.14. The molecule has 3 aliphatic rings. The molecule has 3 aliphatic heterocycles. The lowest BCUT2D eigenvalue weighted by atomic mass is 10.2. The molecule has 3 saturated heterocycles. The van der Waals surface area contributed by atoms with Crippen LogP contribution in [0.2, 0.25) is 0 Å². The Hall–Kier alpha value is -2.51. The number of carboxylic acids is 3. The van der Waals surface area contributed by atoms with Crippen LogP contribution in [0, 0.1) is 0 Å². The smallest absolute Gasteiger partial charge is 0.304 e. The number of hydrogen-bond acceptors (Lipinski definition) is 26. The Morgan fingerprint density at radius 3 is 0.453 bits per heavy atom. The second-order valence-electron chi connectivity index (χ2n) is 13.5. The van der Waals surface area contributed by atoms with Crippen molar-refractivity contribution in [3.63, 3.8) is 0 Å². The molecule has 0 aromatic carbocycles. The minimum Gasteiger partial charge on any atom is -0.481 e. The molecule has 0 aliphatic carbocycles. The maximum absolute atomic E-state index is 9.90. The van der Waals surface area contributed by atoms with Gasteiger partial charge in [0.15, 0.2) is 0 Å². The van der Waals surface area contributed by atoms with Gasteiger partial charge in [-0.05, 0) is 0 Å². The zero-order valence-corrected chi connectivity index (χ0v) is 35.7. The Kier molecular flexibility index (Phi) is 51.8. The number of aliphatic hydroxyl groups is 20. The van der Waals surface area contributed by atoms with Gasteiger partial charge in [-0.3, -0.25) is 14.4 Å². The van der Waals surface area contributed by atoms with E-state index in [1.807, 2.05) is 0 Å². The van der Waals surface area contributed by atoms with Crippen molar-refractivity contribution in [3.8, 4) is 0 Å². The van der Waals surface area contributed by atoms with Crippen LogP contribution in [0.5, 0.6) is 0 Å². The summed E-state index contributed by atoms with van der Waals surface area (Å²) in [6.07, 6.45) is -11.3. The van der Waals surface area contributed by atoms with Crippen molar-refractivity contribution in [2.45, 2.75) is 80.3 Å². The van der Waals surface area contributed by atoms with Crippen molar-refractivity contribution >= 4 is 17.9 Å². The van der Waals surface area contributed by atoms with Crippen LogP contribution in [0.15, 0.2) is 0 Å². The number of carbonyl (C=O) groups is 3. The Morgan fingerprint density at radius 2 is 0.391 bits per heavy atom. The predicted molar refractivity (Wildman–Crippen MR) is 217 cm³/mol. The lowest BCUT2D eigenvalue weighted by molar-refractivity contribution is -0.138. The molecule has 0 saturated carbocycles. The topological polar surface area (TPSA) is 526 Å². The molecule has 3 heterocycles. The highest BCUT2D eigenvalue weighted by atomic mass is 16.4. The summed E-state index contributed by atoms with van der Waals surface area (Å²) < 4.78 is 0. The third-order valence-electron chi connectivity index (χ3n) is 7.64. The fourth-order valence-corrected chi connectivity index (χ4v) is 2.86. The summed E-state index contributed by atoms with van der Waals surface area (Å²) in [5.74, 6) is -2.09. The molecule has 0 spiro atoms. The van der Waals surface area contributed by atoms with E-state index >= 15 is 0 Å². The molecule has 10 atom stereocenters.